The van der Waals surface area contributed by atoms with Crippen molar-refractivity contribution in [1.82, 2.24) is 5.32 Å². The number of fused-ring (bicyclic) bond motifs is 2. The summed E-state index contributed by atoms with van der Waals surface area (Å²) in [7, 11) is 0. The van der Waals surface area contributed by atoms with Crippen molar-refractivity contribution in [2.45, 2.75) is 71.5 Å². The first-order valence-corrected chi connectivity index (χ1v) is 10.9. The summed E-state index contributed by atoms with van der Waals surface area (Å²) in [5, 5.41) is 3.56. The van der Waals surface area contributed by atoms with Crippen molar-refractivity contribution in [2.24, 2.45) is 0 Å². The zero-order valence-corrected chi connectivity index (χ0v) is 18.5. The highest BCUT2D eigenvalue weighted by Crippen LogP contribution is 2.38. The predicted octanol–water partition coefficient (Wildman–Crippen LogP) is 4.99. The van der Waals surface area contributed by atoms with Crippen molar-refractivity contribution < 1.29 is 18.9 Å². The molecule has 0 saturated heterocycles. The largest absolute Gasteiger partial charge is 0.486 e. The average molecular weight is 412 g/mol. The molecule has 0 spiro atoms. The van der Waals surface area contributed by atoms with Crippen LogP contribution in [0.2, 0.25) is 0 Å². The molecule has 4 rings (SSSR count). The molecule has 162 valence electrons. The summed E-state index contributed by atoms with van der Waals surface area (Å²) >= 11 is 0. The number of unbranched alkanes of at least 4 members (excludes halogenated alkanes) is 1. The highest BCUT2D eigenvalue weighted by molar-refractivity contribution is 5.48. The molecule has 5 heteroatoms. The molecule has 0 saturated carbocycles. The van der Waals surface area contributed by atoms with Gasteiger partial charge in [-0.1, -0.05) is 30.3 Å². The van der Waals surface area contributed by atoms with E-state index in [1.807, 2.05) is 19.9 Å². The zero-order valence-electron chi connectivity index (χ0n) is 18.5. The van der Waals surface area contributed by atoms with Gasteiger partial charge >= 0.3 is 0 Å². The molecular formula is C25H33NO4. The molecule has 1 N–H and O–H groups in total. The number of benzene rings is 2. The van der Waals surface area contributed by atoms with Gasteiger partial charge in [-0.2, -0.15) is 0 Å². The van der Waals surface area contributed by atoms with Crippen LogP contribution in [-0.2, 0) is 24.3 Å². The summed E-state index contributed by atoms with van der Waals surface area (Å²) < 4.78 is 23.9. The number of aryl methyl sites for hydroxylation is 1. The first-order chi connectivity index (χ1) is 14.3. The summed E-state index contributed by atoms with van der Waals surface area (Å²) in [5.74, 6) is 2.18. The highest BCUT2D eigenvalue weighted by atomic mass is 16.7. The van der Waals surface area contributed by atoms with Crippen molar-refractivity contribution in [3.63, 3.8) is 0 Å². The van der Waals surface area contributed by atoms with E-state index in [4.69, 9.17) is 18.9 Å². The fourth-order valence-electron chi connectivity index (χ4n) is 3.88. The van der Waals surface area contributed by atoms with Crippen LogP contribution in [0.1, 0.15) is 57.2 Å². The van der Waals surface area contributed by atoms with E-state index in [2.05, 4.69) is 49.5 Å². The first-order valence-electron chi connectivity index (χ1n) is 10.9. The van der Waals surface area contributed by atoms with E-state index in [9.17, 15) is 0 Å². The summed E-state index contributed by atoms with van der Waals surface area (Å²) in [6.45, 7) is 11.0. The Labute approximate surface area is 179 Å². The van der Waals surface area contributed by atoms with Gasteiger partial charge in [-0.15, -0.1) is 0 Å². The Morgan fingerprint density at radius 2 is 1.70 bits per heavy atom. The Bertz CT molecular complexity index is 817. The standard InChI is InChI=1S/C25H33NO4/c1-24(2)17-27-21-13-8-10-18(23(21)29-24)9-5-6-14-26-15-19-11-7-12-20-16-28-25(3,4)30-22(19)20/h7-8,10-13,26H,5-6,9,14-17H2,1-4H3. The maximum atomic E-state index is 6.19. The second kappa shape index (κ2) is 8.48. The second-order valence-corrected chi connectivity index (χ2v) is 9.22. The Hall–Kier alpha value is -2.24. The minimum absolute atomic E-state index is 0.277. The molecule has 0 unspecified atom stereocenters. The third kappa shape index (κ3) is 4.90. The van der Waals surface area contributed by atoms with Crippen LogP contribution < -0.4 is 19.5 Å². The molecule has 0 aliphatic carbocycles. The van der Waals surface area contributed by atoms with Crippen molar-refractivity contribution in [1.29, 1.82) is 0 Å². The van der Waals surface area contributed by atoms with Crippen LogP contribution in [0.25, 0.3) is 0 Å². The summed E-state index contributed by atoms with van der Waals surface area (Å²) in [5.41, 5.74) is 3.26. The maximum Gasteiger partial charge on any atom is 0.205 e. The van der Waals surface area contributed by atoms with E-state index < -0.39 is 5.79 Å². The molecule has 2 aromatic carbocycles. The van der Waals surface area contributed by atoms with E-state index in [1.54, 1.807) is 0 Å². The van der Waals surface area contributed by atoms with Gasteiger partial charge in [-0.05, 0) is 51.3 Å². The quantitative estimate of drug-likeness (QED) is 0.650. The van der Waals surface area contributed by atoms with Crippen molar-refractivity contribution in [2.75, 3.05) is 13.2 Å². The summed E-state index contributed by atoms with van der Waals surface area (Å²) in [4.78, 5) is 0. The number of hydrogen-bond donors (Lipinski definition) is 1. The van der Waals surface area contributed by atoms with Gasteiger partial charge < -0.3 is 24.3 Å². The van der Waals surface area contributed by atoms with Gasteiger partial charge in [0.1, 0.15) is 18.0 Å². The Balaban J connectivity index is 1.26. The zero-order chi connectivity index (χ0) is 21.2. The molecule has 0 bridgehead atoms. The van der Waals surface area contributed by atoms with Crippen molar-refractivity contribution in [3.8, 4) is 17.2 Å². The van der Waals surface area contributed by atoms with Gasteiger partial charge in [-0.3, -0.25) is 0 Å². The lowest BCUT2D eigenvalue weighted by Crippen LogP contribution is -2.39. The van der Waals surface area contributed by atoms with Gasteiger partial charge in [0.2, 0.25) is 5.79 Å². The molecule has 0 radical (unpaired) electrons. The van der Waals surface area contributed by atoms with Crippen LogP contribution >= 0.6 is 0 Å². The van der Waals surface area contributed by atoms with Gasteiger partial charge in [0, 0.05) is 31.5 Å². The molecule has 5 nitrogen and oxygen atoms in total. The third-order valence-corrected chi connectivity index (χ3v) is 5.48. The van der Waals surface area contributed by atoms with Gasteiger partial charge in [0.25, 0.3) is 0 Å². The van der Waals surface area contributed by atoms with Gasteiger partial charge in [0.15, 0.2) is 11.5 Å². The molecule has 2 aliphatic heterocycles. The summed E-state index contributed by atoms with van der Waals surface area (Å²) in [6, 6.07) is 12.5. The number of rotatable bonds is 7. The number of para-hydroxylation sites is 2. The molecule has 0 aromatic heterocycles. The van der Waals surface area contributed by atoms with Crippen LogP contribution in [0.15, 0.2) is 36.4 Å². The van der Waals surface area contributed by atoms with E-state index in [0.717, 1.165) is 55.2 Å². The van der Waals surface area contributed by atoms with Gasteiger partial charge in [0.05, 0.1) is 6.61 Å². The molecule has 2 aliphatic rings. The van der Waals surface area contributed by atoms with E-state index in [1.165, 1.54) is 11.1 Å². The van der Waals surface area contributed by atoms with Crippen LogP contribution in [0.5, 0.6) is 17.2 Å². The van der Waals surface area contributed by atoms with E-state index in [0.29, 0.717) is 13.2 Å². The monoisotopic (exact) mass is 411 g/mol. The minimum Gasteiger partial charge on any atom is -0.486 e. The molecule has 2 heterocycles. The van der Waals surface area contributed by atoms with E-state index in [-0.39, 0.29) is 5.60 Å². The highest BCUT2D eigenvalue weighted by Gasteiger charge is 2.30. The van der Waals surface area contributed by atoms with Gasteiger partial charge in [-0.25, -0.2) is 0 Å². The average Bonchev–Trinajstić information content (AvgIpc) is 2.70. The summed E-state index contributed by atoms with van der Waals surface area (Å²) in [6.07, 6.45) is 3.18. The molecular weight excluding hydrogens is 378 g/mol. The lowest BCUT2D eigenvalue weighted by molar-refractivity contribution is -0.180. The molecule has 2 aromatic rings. The second-order valence-electron chi connectivity index (χ2n) is 9.22. The lowest BCUT2D eigenvalue weighted by Gasteiger charge is -2.34. The normalized spacial score (nSPS) is 18.4. The predicted molar refractivity (Wildman–Crippen MR) is 117 cm³/mol. The topological polar surface area (TPSA) is 49.0 Å². The SMILES string of the molecule is CC1(C)COc2cccc(CCCCNCc3cccc4c3OC(C)(C)OC4)c2O1. The number of ether oxygens (including phenoxy) is 4. The Morgan fingerprint density at radius 3 is 2.57 bits per heavy atom. The molecule has 0 fully saturated rings. The van der Waals surface area contributed by atoms with Crippen molar-refractivity contribution >= 4 is 0 Å². The Morgan fingerprint density at radius 1 is 0.900 bits per heavy atom. The first kappa shape index (κ1) is 21.0. The fourth-order valence-corrected chi connectivity index (χ4v) is 3.88. The molecule has 30 heavy (non-hydrogen) atoms. The van der Waals surface area contributed by atoms with E-state index >= 15 is 0 Å². The minimum atomic E-state index is -0.571. The van der Waals surface area contributed by atoms with Crippen LogP contribution in [0, 0.1) is 0 Å². The fraction of sp³-hybridized carbons (Fsp3) is 0.520. The van der Waals surface area contributed by atoms with Crippen molar-refractivity contribution in [3.05, 3.63) is 53.1 Å². The Kier molecular flexibility index (Phi) is 5.94. The lowest BCUT2D eigenvalue weighted by atomic mass is 10.0. The molecule has 0 atom stereocenters. The number of hydrogen-bond acceptors (Lipinski definition) is 5. The van der Waals surface area contributed by atoms with Crippen LogP contribution in [0.3, 0.4) is 0 Å². The molecule has 0 amide bonds. The maximum absolute atomic E-state index is 6.19. The smallest absolute Gasteiger partial charge is 0.205 e. The van der Waals surface area contributed by atoms with Crippen LogP contribution in [0.4, 0.5) is 0 Å². The van der Waals surface area contributed by atoms with Crippen LogP contribution in [-0.4, -0.2) is 24.5 Å². The third-order valence-electron chi connectivity index (χ3n) is 5.48. The number of nitrogens with one attached hydrogen (secondary N) is 1.